The highest BCUT2D eigenvalue weighted by atomic mass is 35.5. The standard InChI is InChI=1S/C18H21ClN6O3S.ClH/c1-10(7-21-15(26)16(27)24-14-4-3-11(19)8-20-14)22-17(28)18-23-12-5-6-25(2)9-13(12)29-18;/h3-4,8,10H,5-7,9H2,1-2H3,(H,21,26)(H,22,28)(H,20,24,27);1H. The lowest BCUT2D eigenvalue weighted by atomic mass is 10.2. The fraction of sp³-hybridized carbons (Fsp3) is 0.389. The van der Waals surface area contributed by atoms with Crippen LogP contribution in [0.4, 0.5) is 5.82 Å². The van der Waals surface area contributed by atoms with E-state index in [0.29, 0.717) is 10.0 Å². The third-order valence-corrected chi connectivity index (χ3v) is 5.54. The summed E-state index contributed by atoms with van der Waals surface area (Å²) in [7, 11) is 2.03. The largest absolute Gasteiger partial charge is 0.346 e. The minimum absolute atomic E-state index is 0. The lowest BCUT2D eigenvalue weighted by molar-refractivity contribution is -0.136. The summed E-state index contributed by atoms with van der Waals surface area (Å²) >= 11 is 7.11. The molecule has 0 aromatic carbocycles. The van der Waals surface area contributed by atoms with Crippen molar-refractivity contribution in [1.82, 2.24) is 25.5 Å². The van der Waals surface area contributed by atoms with Gasteiger partial charge in [-0.1, -0.05) is 11.6 Å². The number of nitrogens with zero attached hydrogens (tertiary/aromatic N) is 3. The van der Waals surface area contributed by atoms with Crippen LogP contribution in [0.25, 0.3) is 0 Å². The van der Waals surface area contributed by atoms with Crippen molar-refractivity contribution in [2.45, 2.75) is 25.9 Å². The first kappa shape index (κ1) is 24.0. The zero-order valence-electron chi connectivity index (χ0n) is 16.4. The number of nitrogens with one attached hydrogen (secondary N) is 3. The Morgan fingerprint density at radius 2 is 2.07 bits per heavy atom. The molecule has 1 atom stereocenters. The van der Waals surface area contributed by atoms with E-state index >= 15 is 0 Å². The fourth-order valence-electron chi connectivity index (χ4n) is 2.71. The number of aromatic nitrogens is 2. The van der Waals surface area contributed by atoms with Gasteiger partial charge in [-0.15, -0.1) is 23.7 Å². The van der Waals surface area contributed by atoms with E-state index in [2.05, 4.69) is 30.8 Å². The van der Waals surface area contributed by atoms with Gasteiger partial charge >= 0.3 is 11.8 Å². The van der Waals surface area contributed by atoms with E-state index < -0.39 is 11.8 Å². The molecule has 3 rings (SSSR count). The Kier molecular flexibility index (Phi) is 8.54. The topological polar surface area (TPSA) is 116 Å². The molecule has 9 nitrogen and oxygen atoms in total. The van der Waals surface area contributed by atoms with E-state index in [-0.39, 0.29) is 36.7 Å². The lowest BCUT2D eigenvalue weighted by Crippen LogP contribution is -2.44. The SMILES string of the molecule is CC(CNC(=O)C(=O)Nc1ccc(Cl)cn1)NC(=O)c1nc2c(s1)CN(C)CC2.Cl. The second-order valence-corrected chi connectivity index (χ2v) is 8.30. The Bertz CT molecular complexity index is 921. The van der Waals surface area contributed by atoms with Gasteiger partial charge in [0.05, 0.1) is 10.7 Å². The Morgan fingerprint density at radius 1 is 1.30 bits per heavy atom. The zero-order valence-corrected chi connectivity index (χ0v) is 18.8. The molecule has 0 radical (unpaired) electrons. The predicted octanol–water partition coefficient (Wildman–Crippen LogP) is 1.47. The molecule has 0 bridgehead atoms. The van der Waals surface area contributed by atoms with Crippen LogP contribution in [0.2, 0.25) is 5.02 Å². The van der Waals surface area contributed by atoms with Crippen LogP contribution in [0.15, 0.2) is 18.3 Å². The average molecular weight is 473 g/mol. The highest BCUT2D eigenvalue weighted by Crippen LogP contribution is 2.24. The molecule has 0 saturated heterocycles. The molecule has 30 heavy (non-hydrogen) atoms. The molecule has 12 heteroatoms. The van der Waals surface area contributed by atoms with E-state index in [0.717, 1.165) is 30.1 Å². The van der Waals surface area contributed by atoms with Gasteiger partial charge in [-0.05, 0) is 26.1 Å². The average Bonchev–Trinajstić information content (AvgIpc) is 3.11. The van der Waals surface area contributed by atoms with Gasteiger partial charge in [0, 0.05) is 43.2 Å². The molecule has 1 aliphatic rings. The van der Waals surface area contributed by atoms with Crippen molar-refractivity contribution in [1.29, 1.82) is 0 Å². The summed E-state index contributed by atoms with van der Waals surface area (Å²) in [5.74, 6) is -1.75. The quantitative estimate of drug-likeness (QED) is 0.567. The molecule has 0 saturated carbocycles. The van der Waals surface area contributed by atoms with Gasteiger partial charge in [0.1, 0.15) is 5.82 Å². The first-order valence-corrected chi connectivity index (χ1v) is 10.2. The van der Waals surface area contributed by atoms with Crippen molar-refractivity contribution < 1.29 is 14.4 Å². The number of anilines is 1. The van der Waals surface area contributed by atoms with Crippen LogP contribution in [-0.4, -0.2) is 58.8 Å². The summed E-state index contributed by atoms with van der Waals surface area (Å²) in [6.45, 7) is 3.55. The van der Waals surface area contributed by atoms with E-state index in [1.165, 1.54) is 23.6 Å². The summed E-state index contributed by atoms with van der Waals surface area (Å²) in [6.07, 6.45) is 2.19. The van der Waals surface area contributed by atoms with Gasteiger partial charge in [0.2, 0.25) is 0 Å². The summed E-state index contributed by atoms with van der Waals surface area (Å²) in [5, 5.41) is 8.47. The zero-order chi connectivity index (χ0) is 21.0. The van der Waals surface area contributed by atoms with Gasteiger partial charge in [-0.3, -0.25) is 14.4 Å². The maximum Gasteiger partial charge on any atom is 0.314 e. The number of pyridine rings is 1. The molecular formula is C18H22Cl2N6O3S. The number of thiazole rings is 1. The number of halogens is 2. The van der Waals surface area contributed by atoms with Crippen LogP contribution in [0.3, 0.4) is 0 Å². The molecule has 3 heterocycles. The second kappa shape index (κ2) is 10.7. The molecular weight excluding hydrogens is 451 g/mol. The van der Waals surface area contributed by atoms with Crippen molar-refractivity contribution in [2.75, 3.05) is 25.5 Å². The number of likely N-dealkylation sites (N-methyl/N-ethyl adjacent to an activating group) is 1. The number of fused-ring (bicyclic) bond motifs is 1. The van der Waals surface area contributed by atoms with Crippen molar-refractivity contribution in [3.63, 3.8) is 0 Å². The third-order valence-electron chi connectivity index (χ3n) is 4.24. The maximum atomic E-state index is 12.4. The first-order valence-electron chi connectivity index (χ1n) is 9.00. The van der Waals surface area contributed by atoms with Gasteiger partial charge < -0.3 is 20.9 Å². The van der Waals surface area contributed by atoms with Crippen molar-refractivity contribution >= 4 is 58.9 Å². The minimum Gasteiger partial charge on any atom is -0.346 e. The number of hydrogen-bond acceptors (Lipinski definition) is 7. The van der Waals surface area contributed by atoms with Gasteiger partial charge in [0.25, 0.3) is 5.91 Å². The molecule has 2 aromatic heterocycles. The maximum absolute atomic E-state index is 12.4. The molecule has 1 unspecified atom stereocenters. The molecule has 3 amide bonds. The number of amides is 3. The Hall–Kier alpha value is -2.27. The van der Waals surface area contributed by atoms with Crippen LogP contribution >= 0.6 is 35.3 Å². The van der Waals surface area contributed by atoms with Crippen LogP contribution < -0.4 is 16.0 Å². The lowest BCUT2D eigenvalue weighted by Gasteiger charge is -2.20. The van der Waals surface area contributed by atoms with Crippen molar-refractivity contribution in [3.05, 3.63) is 38.9 Å². The normalized spacial score (nSPS) is 14.1. The van der Waals surface area contributed by atoms with Gasteiger partial charge in [0.15, 0.2) is 5.01 Å². The van der Waals surface area contributed by atoms with Gasteiger partial charge in [-0.2, -0.15) is 0 Å². The summed E-state index contributed by atoms with van der Waals surface area (Å²) in [4.78, 5) is 47.9. The number of carbonyl (C=O) groups excluding carboxylic acids is 3. The van der Waals surface area contributed by atoms with E-state index in [9.17, 15) is 14.4 Å². The van der Waals surface area contributed by atoms with Crippen LogP contribution in [0, 0.1) is 0 Å². The van der Waals surface area contributed by atoms with E-state index in [4.69, 9.17) is 11.6 Å². The van der Waals surface area contributed by atoms with Crippen molar-refractivity contribution in [2.24, 2.45) is 0 Å². The van der Waals surface area contributed by atoms with Crippen LogP contribution in [0.5, 0.6) is 0 Å². The molecule has 3 N–H and O–H groups in total. The second-order valence-electron chi connectivity index (χ2n) is 6.78. The van der Waals surface area contributed by atoms with Crippen molar-refractivity contribution in [3.8, 4) is 0 Å². The monoisotopic (exact) mass is 472 g/mol. The summed E-state index contributed by atoms with van der Waals surface area (Å²) in [6, 6.07) is 2.66. The number of rotatable bonds is 5. The summed E-state index contributed by atoms with van der Waals surface area (Å²) in [5.41, 5.74) is 0.978. The van der Waals surface area contributed by atoms with Crippen LogP contribution in [0.1, 0.15) is 27.3 Å². The Morgan fingerprint density at radius 3 is 2.77 bits per heavy atom. The smallest absolute Gasteiger partial charge is 0.314 e. The number of carbonyl (C=O) groups is 3. The Labute approximate surface area is 189 Å². The molecule has 162 valence electrons. The van der Waals surface area contributed by atoms with Crippen LogP contribution in [-0.2, 0) is 22.6 Å². The molecule has 0 aliphatic carbocycles. The third kappa shape index (κ3) is 6.36. The highest BCUT2D eigenvalue weighted by Gasteiger charge is 2.22. The molecule has 0 spiro atoms. The highest BCUT2D eigenvalue weighted by molar-refractivity contribution is 7.13. The fourth-order valence-corrected chi connectivity index (χ4v) is 3.91. The van der Waals surface area contributed by atoms with E-state index in [1.54, 1.807) is 13.0 Å². The van der Waals surface area contributed by atoms with E-state index in [1.807, 2.05) is 7.05 Å². The molecule has 2 aromatic rings. The predicted molar refractivity (Wildman–Crippen MR) is 117 cm³/mol. The Balaban J connectivity index is 0.00000320. The van der Waals surface area contributed by atoms with Gasteiger partial charge in [-0.25, -0.2) is 9.97 Å². The molecule has 1 aliphatic heterocycles. The molecule has 0 fully saturated rings. The minimum atomic E-state index is -0.852. The number of hydrogen-bond donors (Lipinski definition) is 3. The summed E-state index contributed by atoms with van der Waals surface area (Å²) < 4.78 is 0. The first-order chi connectivity index (χ1) is 13.8.